The standard InChI is InChI=1S/C23H30N4O6S/c1-23(2)14-27(15-23)25-22(29)26-34(30,31)18-8-5-16(6-9-18)11-12-24-21(28)19-13-17(32-3)7-10-20(19)33-4/h5-10,13H,11-12,14-15H2,1-4H3,(H,24,28)(H2,25,26,29). The highest BCUT2D eigenvalue weighted by Gasteiger charge is 2.35. The van der Waals surface area contributed by atoms with Crippen molar-refractivity contribution < 1.29 is 27.5 Å². The first kappa shape index (κ1) is 25.3. The first-order chi connectivity index (χ1) is 16.0. The van der Waals surface area contributed by atoms with E-state index >= 15 is 0 Å². The van der Waals surface area contributed by atoms with Crippen LogP contribution in [-0.2, 0) is 16.4 Å². The molecule has 1 aliphatic rings. The molecule has 34 heavy (non-hydrogen) atoms. The summed E-state index contributed by atoms with van der Waals surface area (Å²) in [5, 5.41) is 4.47. The Morgan fingerprint density at radius 1 is 1.03 bits per heavy atom. The van der Waals surface area contributed by atoms with E-state index in [2.05, 4.69) is 24.6 Å². The van der Waals surface area contributed by atoms with Gasteiger partial charge in [0.1, 0.15) is 11.5 Å². The van der Waals surface area contributed by atoms with Gasteiger partial charge in [-0.3, -0.25) is 10.2 Å². The molecule has 0 bridgehead atoms. The molecule has 1 aliphatic heterocycles. The van der Waals surface area contributed by atoms with Crippen molar-refractivity contribution in [1.29, 1.82) is 0 Å². The lowest BCUT2D eigenvalue weighted by atomic mass is 9.86. The van der Waals surface area contributed by atoms with Gasteiger partial charge in [0.2, 0.25) is 0 Å². The lowest BCUT2D eigenvalue weighted by Gasteiger charge is -2.45. The number of nitrogens with zero attached hydrogens (tertiary/aromatic N) is 1. The summed E-state index contributed by atoms with van der Waals surface area (Å²) in [6, 6.07) is 10.3. The second-order valence-corrected chi connectivity index (χ2v) is 10.5. The number of hydrogen-bond donors (Lipinski definition) is 3. The van der Waals surface area contributed by atoms with Gasteiger partial charge in [-0.1, -0.05) is 26.0 Å². The van der Waals surface area contributed by atoms with E-state index in [1.165, 1.54) is 26.4 Å². The first-order valence-electron chi connectivity index (χ1n) is 10.7. The number of carbonyl (C=O) groups is 2. The van der Waals surface area contributed by atoms with E-state index in [1.54, 1.807) is 35.3 Å². The quantitative estimate of drug-likeness (QED) is 0.490. The Labute approximate surface area is 199 Å². The zero-order valence-electron chi connectivity index (χ0n) is 19.7. The number of hydrogen-bond acceptors (Lipinski definition) is 7. The van der Waals surface area contributed by atoms with Crippen LogP contribution in [0.3, 0.4) is 0 Å². The van der Waals surface area contributed by atoms with E-state index in [1.807, 2.05) is 4.72 Å². The van der Waals surface area contributed by atoms with Crippen LogP contribution in [0.15, 0.2) is 47.4 Å². The van der Waals surface area contributed by atoms with Gasteiger partial charge >= 0.3 is 6.03 Å². The van der Waals surface area contributed by atoms with Crippen molar-refractivity contribution in [3.05, 3.63) is 53.6 Å². The number of rotatable bonds is 9. The summed E-state index contributed by atoms with van der Waals surface area (Å²) in [7, 11) is -1.00. The number of urea groups is 1. The fraction of sp³-hybridized carbons (Fsp3) is 0.391. The van der Waals surface area contributed by atoms with Gasteiger partial charge in [0.25, 0.3) is 15.9 Å². The monoisotopic (exact) mass is 490 g/mol. The van der Waals surface area contributed by atoms with Crippen LogP contribution >= 0.6 is 0 Å². The number of nitrogens with one attached hydrogen (secondary N) is 3. The Morgan fingerprint density at radius 2 is 1.71 bits per heavy atom. The van der Waals surface area contributed by atoms with E-state index in [0.29, 0.717) is 43.1 Å². The van der Waals surface area contributed by atoms with Gasteiger partial charge in [-0.2, -0.15) is 0 Å². The molecule has 0 aliphatic carbocycles. The Hall–Kier alpha value is -3.31. The molecule has 1 saturated heterocycles. The first-order valence-corrected chi connectivity index (χ1v) is 12.2. The van der Waals surface area contributed by atoms with E-state index in [9.17, 15) is 18.0 Å². The third-order valence-corrected chi connectivity index (χ3v) is 6.66. The molecule has 1 heterocycles. The molecule has 0 saturated carbocycles. The molecule has 2 aromatic rings. The van der Waals surface area contributed by atoms with Crippen molar-refractivity contribution in [3.8, 4) is 11.5 Å². The number of carbonyl (C=O) groups excluding carboxylic acids is 2. The molecular weight excluding hydrogens is 460 g/mol. The molecule has 0 unspecified atom stereocenters. The van der Waals surface area contributed by atoms with Crippen molar-refractivity contribution in [2.75, 3.05) is 33.9 Å². The molecule has 10 nitrogen and oxygen atoms in total. The average Bonchev–Trinajstić information content (AvgIpc) is 2.77. The predicted molar refractivity (Wildman–Crippen MR) is 126 cm³/mol. The second kappa shape index (κ2) is 10.3. The van der Waals surface area contributed by atoms with E-state index in [0.717, 1.165) is 5.56 Å². The largest absolute Gasteiger partial charge is 0.497 e. The topological polar surface area (TPSA) is 126 Å². The zero-order valence-corrected chi connectivity index (χ0v) is 20.5. The van der Waals surface area contributed by atoms with Crippen LogP contribution < -0.4 is 24.9 Å². The van der Waals surface area contributed by atoms with Gasteiger partial charge in [-0.25, -0.2) is 22.9 Å². The minimum Gasteiger partial charge on any atom is -0.497 e. The maximum atomic E-state index is 12.5. The number of methoxy groups -OCH3 is 2. The highest BCUT2D eigenvalue weighted by molar-refractivity contribution is 7.90. The lowest BCUT2D eigenvalue weighted by Crippen LogP contribution is -2.62. The van der Waals surface area contributed by atoms with Crippen molar-refractivity contribution in [2.45, 2.75) is 25.2 Å². The SMILES string of the molecule is COc1ccc(OC)c(C(=O)NCCc2ccc(S(=O)(=O)NC(=O)NN3CC(C)(C)C3)cc2)c1. The highest BCUT2D eigenvalue weighted by Crippen LogP contribution is 2.26. The molecule has 184 valence electrons. The van der Waals surface area contributed by atoms with Crippen molar-refractivity contribution in [1.82, 2.24) is 20.5 Å². The van der Waals surface area contributed by atoms with Crippen LogP contribution in [0.2, 0.25) is 0 Å². The smallest absolute Gasteiger partial charge is 0.343 e. The summed E-state index contributed by atoms with van der Waals surface area (Å²) in [5.41, 5.74) is 3.80. The molecule has 0 aromatic heterocycles. The molecule has 2 aromatic carbocycles. The maximum absolute atomic E-state index is 12.5. The second-order valence-electron chi connectivity index (χ2n) is 8.78. The van der Waals surface area contributed by atoms with Gasteiger partial charge < -0.3 is 14.8 Å². The van der Waals surface area contributed by atoms with Crippen LogP contribution in [0.25, 0.3) is 0 Å². The van der Waals surface area contributed by atoms with Gasteiger partial charge in [0, 0.05) is 19.6 Å². The van der Waals surface area contributed by atoms with Crippen LogP contribution in [0, 0.1) is 5.41 Å². The maximum Gasteiger partial charge on any atom is 0.343 e. The Bertz CT molecular complexity index is 1140. The Morgan fingerprint density at radius 3 is 2.29 bits per heavy atom. The fourth-order valence-electron chi connectivity index (χ4n) is 3.66. The summed E-state index contributed by atoms with van der Waals surface area (Å²) in [5.74, 6) is 0.664. The van der Waals surface area contributed by atoms with Crippen LogP contribution in [0.4, 0.5) is 4.79 Å². The van der Waals surface area contributed by atoms with Gasteiger partial charge in [-0.05, 0) is 47.7 Å². The van der Waals surface area contributed by atoms with Gasteiger partial charge in [0.15, 0.2) is 0 Å². The number of amides is 3. The summed E-state index contributed by atoms with van der Waals surface area (Å²) < 4.78 is 37.4. The molecule has 11 heteroatoms. The molecule has 1 fully saturated rings. The highest BCUT2D eigenvalue weighted by atomic mass is 32.2. The van der Waals surface area contributed by atoms with E-state index in [-0.39, 0.29) is 16.2 Å². The molecule has 3 rings (SSSR count). The molecule has 0 atom stereocenters. The summed E-state index contributed by atoms with van der Waals surface area (Å²) in [6.45, 7) is 5.75. The predicted octanol–water partition coefficient (Wildman–Crippen LogP) is 1.92. The van der Waals surface area contributed by atoms with Crippen molar-refractivity contribution in [3.63, 3.8) is 0 Å². The molecule has 3 amide bonds. The Kier molecular flexibility index (Phi) is 7.68. The lowest BCUT2D eigenvalue weighted by molar-refractivity contribution is -0.000374. The molecule has 3 N–H and O–H groups in total. The third-order valence-electron chi connectivity index (χ3n) is 5.31. The van der Waals surface area contributed by atoms with Crippen LogP contribution in [-0.4, -0.2) is 59.2 Å². The number of sulfonamides is 1. The van der Waals surface area contributed by atoms with Gasteiger partial charge in [0.05, 0.1) is 24.7 Å². The minimum atomic E-state index is -4.00. The van der Waals surface area contributed by atoms with Crippen molar-refractivity contribution in [2.24, 2.45) is 5.41 Å². The fourth-order valence-corrected chi connectivity index (χ4v) is 4.56. The van der Waals surface area contributed by atoms with Crippen LogP contribution in [0.1, 0.15) is 29.8 Å². The molecule has 0 radical (unpaired) electrons. The molecular formula is C23H30N4O6S. The van der Waals surface area contributed by atoms with E-state index < -0.39 is 16.1 Å². The normalized spacial score (nSPS) is 15.1. The number of benzene rings is 2. The van der Waals surface area contributed by atoms with Crippen LogP contribution in [0.5, 0.6) is 11.5 Å². The Balaban J connectivity index is 1.51. The number of hydrazine groups is 1. The summed E-state index contributed by atoms with van der Waals surface area (Å²) in [6.07, 6.45) is 0.483. The minimum absolute atomic E-state index is 0.0273. The van der Waals surface area contributed by atoms with Gasteiger partial charge in [-0.15, -0.1) is 0 Å². The third kappa shape index (κ3) is 6.39. The number of ether oxygens (including phenoxy) is 2. The van der Waals surface area contributed by atoms with E-state index in [4.69, 9.17) is 9.47 Å². The zero-order chi connectivity index (χ0) is 24.9. The van der Waals surface area contributed by atoms with Crippen molar-refractivity contribution >= 4 is 22.0 Å². The summed E-state index contributed by atoms with van der Waals surface area (Å²) in [4.78, 5) is 24.5. The average molecular weight is 491 g/mol. The summed E-state index contributed by atoms with van der Waals surface area (Å²) >= 11 is 0. The molecule has 0 spiro atoms.